The second-order valence-electron chi connectivity index (χ2n) is 4.92. The van der Waals surface area contributed by atoms with Crippen LogP contribution in [0.2, 0.25) is 0 Å². The summed E-state index contributed by atoms with van der Waals surface area (Å²) in [4.78, 5) is 14.3. The number of rotatable bonds is 2. The highest BCUT2D eigenvalue weighted by Gasteiger charge is 2.30. The molecule has 1 fully saturated rings. The Morgan fingerprint density at radius 2 is 2.32 bits per heavy atom. The average molecular weight is 284 g/mol. The summed E-state index contributed by atoms with van der Waals surface area (Å²) in [5.41, 5.74) is 1.38. The first-order chi connectivity index (χ1) is 9.02. The molecule has 104 valence electrons. The summed E-state index contributed by atoms with van der Waals surface area (Å²) in [5.74, 6) is 0.511. The lowest BCUT2D eigenvalue weighted by Gasteiger charge is -2.37. The van der Waals surface area contributed by atoms with E-state index in [1.54, 1.807) is 17.0 Å². The molecule has 2 atom stereocenters. The zero-order chi connectivity index (χ0) is 14.0. The minimum atomic E-state index is -0.112. The maximum Gasteiger partial charge on any atom is 0.254 e. The molecule has 4 nitrogen and oxygen atoms in total. The van der Waals surface area contributed by atoms with Crippen molar-refractivity contribution in [3.63, 3.8) is 0 Å². The summed E-state index contributed by atoms with van der Waals surface area (Å²) in [5, 5.41) is 9.40. The van der Waals surface area contributed by atoms with E-state index in [1.807, 2.05) is 13.8 Å². The van der Waals surface area contributed by atoms with E-state index in [9.17, 15) is 9.90 Å². The van der Waals surface area contributed by atoms with Gasteiger partial charge in [-0.05, 0) is 37.6 Å². The number of benzene rings is 1. The number of nitrogens with zero attached hydrogens (tertiary/aromatic N) is 1. The molecule has 2 unspecified atom stereocenters. The Bertz CT molecular complexity index is 478. The number of carbonyl (C=O) groups is 1. The van der Waals surface area contributed by atoms with Crippen LogP contribution in [0.4, 0.5) is 0 Å². The van der Waals surface area contributed by atoms with Crippen molar-refractivity contribution in [2.24, 2.45) is 0 Å². The van der Waals surface area contributed by atoms with Crippen molar-refractivity contribution in [3.8, 4) is 5.75 Å². The normalized spacial score (nSPS) is 23.4. The fourth-order valence-electron chi connectivity index (χ4n) is 2.24. The molecule has 1 aliphatic rings. The van der Waals surface area contributed by atoms with Gasteiger partial charge in [-0.3, -0.25) is 4.79 Å². The van der Waals surface area contributed by atoms with Crippen molar-refractivity contribution >= 4 is 17.5 Å². The number of amides is 1. The van der Waals surface area contributed by atoms with Gasteiger partial charge < -0.3 is 14.7 Å². The topological polar surface area (TPSA) is 49.8 Å². The van der Waals surface area contributed by atoms with Gasteiger partial charge in [0.25, 0.3) is 5.91 Å². The van der Waals surface area contributed by atoms with Gasteiger partial charge in [-0.25, -0.2) is 0 Å². The number of halogens is 1. The summed E-state index contributed by atoms with van der Waals surface area (Å²) in [7, 11) is 0. The number of carbonyl (C=O) groups excluding carboxylic acids is 1. The zero-order valence-electron chi connectivity index (χ0n) is 11.1. The second-order valence-corrected chi connectivity index (χ2v) is 5.22. The third-order valence-electron chi connectivity index (χ3n) is 3.38. The number of aryl methyl sites for hydroxylation is 1. The minimum Gasteiger partial charge on any atom is -0.508 e. The van der Waals surface area contributed by atoms with Crippen molar-refractivity contribution in [1.82, 2.24) is 4.90 Å². The maximum absolute atomic E-state index is 12.5. The summed E-state index contributed by atoms with van der Waals surface area (Å²) in [6, 6.07) is 4.81. The second kappa shape index (κ2) is 5.80. The molecule has 0 aliphatic carbocycles. The summed E-state index contributed by atoms with van der Waals surface area (Å²) >= 11 is 5.80. The Morgan fingerprint density at radius 3 is 2.95 bits per heavy atom. The summed E-state index contributed by atoms with van der Waals surface area (Å²) in [6.45, 7) is 4.78. The maximum atomic E-state index is 12.5. The highest BCUT2D eigenvalue weighted by molar-refractivity contribution is 6.18. The molecule has 0 spiro atoms. The number of hydrogen-bond acceptors (Lipinski definition) is 3. The van der Waals surface area contributed by atoms with E-state index in [1.165, 1.54) is 6.07 Å². The number of hydrogen-bond donors (Lipinski definition) is 1. The van der Waals surface area contributed by atoms with E-state index in [2.05, 4.69) is 0 Å². The van der Waals surface area contributed by atoms with Gasteiger partial charge in [-0.1, -0.05) is 0 Å². The van der Waals surface area contributed by atoms with E-state index in [4.69, 9.17) is 16.3 Å². The van der Waals surface area contributed by atoms with Gasteiger partial charge in [0, 0.05) is 12.1 Å². The van der Waals surface area contributed by atoms with E-state index in [-0.39, 0.29) is 23.8 Å². The SMILES string of the molecule is Cc1cc(O)ccc1C(=O)N1CC(CCl)OCC1C. The van der Waals surface area contributed by atoms with Gasteiger partial charge in [-0.2, -0.15) is 0 Å². The molecule has 1 heterocycles. The Balaban J connectivity index is 2.22. The molecule has 1 N–H and O–H groups in total. The molecule has 1 saturated heterocycles. The molecule has 0 aromatic heterocycles. The van der Waals surface area contributed by atoms with Crippen molar-refractivity contribution < 1.29 is 14.6 Å². The monoisotopic (exact) mass is 283 g/mol. The van der Waals surface area contributed by atoms with E-state index in [0.29, 0.717) is 24.6 Å². The predicted molar refractivity (Wildman–Crippen MR) is 73.8 cm³/mol. The van der Waals surface area contributed by atoms with Gasteiger partial charge in [0.15, 0.2) is 0 Å². The van der Waals surface area contributed by atoms with Crippen LogP contribution >= 0.6 is 11.6 Å². The van der Waals surface area contributed by atoms with E-state index >= 15 is 0 Å². The summed E-state index contributed by atoms with van der Waals surface area (Å²) in [6.07, 6.45) is -0.112. The van der Waals surface area contributed by atoms with Crippen molar-refractivity contribution in [3.05, 3.63) is 29.3 Å². The standard InChI is InChI=1S/C14H18ClNO3/c1-9-5-11(17)3-4-13(9)14(18)16-7-12(6-15)19-8-10(16)2/h3-5,10,12,17H,6-8H2,1-2H3. The Hall–Kier alpha value is -1.26. The van der Waals surface area contributed by atoms with Crippen LogP contribution < -0.4 is 0 Å². The number of phenolic OH excluding ortho intramolecular Hbond substituents is 1. The number of alkyl halides is 1. The van der Waals surface area contributed by atoms with Crippen molar-refractivity contribution in [2.45, 2.75) is 26.0 Å². The predicted octanol–water partition coefficient (Wildman–Crippen LogP) is 2.17. The van der Waals surface area contributed by atoms with E-state index in [0.717, 1.165) is 5.56 Å². The van der Waals surface area contributed by atoms with Gasteiger partial charge in [0.1, 0.15) is 5.75 Å². The third-order valence-corrected chi connectivity index (χ3v) is 3.72. The van der Waals surface area contributed by atoms with Crippen LogP contribution in [0, 0.1) is 6.92 Å². The van der Waals surface area contributed by atoms with Crippen molar-refractivity contribution in [2.75, 3.05) is 19.0 Å². The van der Waals surface area contributed by atoms with Crippen LogP contribution in [0.3, 0.4) is 0 Å². The molecule has 1 aromatic rings. The largest absolute Gasteiger partial charge is 0.508 e. The highest BCUT2D eigenvalue weighted by atomic mass is 35.5. The molecule has 2 rings (SSSR count). The number of ether oxygens (including phenoxy) is 1. The minimum absolute atomic E-state index is 0.0279. The smallest absolute Gasteiger partial charge is 0.254 e. The van der Waals surface area contributed by atoms with Gasteiger partial charge >= 0.3 is 0 Å². The average Bonchev–Trinajstić information content (AvgIpc) is 2.38. The zero-order valence-corrected chi connectivity index (χ0v) is 11.9. The Kier molecular flexibility index (Phi) is 4.32. The molecule has 19 heavy (non-hydrogen) atoms. The van der Waals surface area contributed by atoms with E-state index < -0.39 is 0 Å². The lowest BCUT2D eigenvalue weighted by atomic mass is 10.1. The first-order valence-corrected chi connectivity index (χ1v) is 6.84. The number of aromatic hydroxyl groups is 1. The Labute approximate surface area is 117 Å². The van der Waals surface area contributed by atoms with Crippen LogP contribution in [-0.4, -0.2) is 47.1 Å². The fourth-order valence-corrected chi connectivity index (χ4v) is 2.42. The quantitative estimate of drug-likeness (QED) is 0.846. The van der Waals surface area contributed by atoms with Crippen LogP contribution in [0.15, 0.2) is 18.2 Å². The van der Waals surface area contributed by atoms with Crippen LogP contribution in [-0.2, 0) is 4.74 Å². The van der Waals surface area contributed by atoms with Crippen LogP contribution in [0.1, 0.15) is 22.8 Å². The molecular formula is C14H18ClNO3. The highest BCUT2D eigenvalue weighted by Crippen LogP contribution is 2.21. The first kappa shape index (κ1) is 14.2. The number of phenols is 1. The molecule has 0 bridgehead atoms. The molecule has 1 amide bonds. The third kappa shape index (κ3) is 3.01. The first-order valence-electron chi connectivity index (χ1n) is 6.31. The van der Waals surface area contributed by atoms with Gasteiger partial charge in [0.2, 0.25) is 0 Å². The van der Waals surface area contributed by atoms with Crippen molar-refractivity contribution in [1.29, 1.82) is 0 Å². The molecular weight excluding hydrogens is 266 g/mol. The van der Waals surface area contributed by atoms with Gasteiger partial charge in [-0.15, -0.1) is 11.6 Å². The van der Waals surface area contributed by atoms with Crippen LogP contribution in [0.25, 0.3) is 0 Å². The number of morpholine rings is 1. The lowest BCUT2D eigenvalue weighted by molar-refractivity contribution is -0.0372. The fraction of sp³-hybridized carbons (Fsp3) is 0.500. The molecule has 0 saturated carbocycles. The van der Waals surface area contributed by atoms with Crippen LogP contribution in [0.5, 0.6) is 5.75 Å². The Morgan fingerprint density at radius 1 is 1.58 bits per heavy atom. The molecule has 1 aliphatic heterocycles. The lowest BCUT2D eigenvalue weighted by Crippen LogP contribution is -2.51. The van der Waals surface area contributed by atoms with Gasteiger partial charge in [0.05, 0.1) is 24.6 Å². The molecule has 5 heteroatoms. The molecule has 1 aromatic carbocycles. The molecule has 0 radical (unpaired) electrons. The summed E-state index contributed by atoms with van der Waals surface area (Å²) < 4.78 is 5.54.